The average molecular weight is 335 g/mol. The van der Waals surface area contributed by atoms with Crippen LogP contribution in [0, 0.1) is 11.3 Å². The summed E-state index contributed by atoms with van der Waals surface area (Å²) in [5, 5.41) is 15.2. The maximum Gasteiger partial charge on any atom is 0.272 e. The molecule has 0 saturated carbocycles. The third-order valence-electron chi connectivity index (χ3n) is 4.34. The summed E-state index contributed by atoms with van der Waals surface area (Å²) in [6.07, 6.45) is 1.49. The molecule has 0 spiro atoms. The molecule has 6 nitrogen and oxygen atoms in total. The Labute approximate surface area is 146 Å². The van der Waals surface area contributed by atoms with E-state index in [4.69, 9.17) is 5.26 Å². The van der Waals surface area contributed by atoms with Crippen LogP contribution in [0.3, 0.4) is 0 Å². The molecule has 0 radical (unpaired) electrons. The predicted octanol–water partition coefficient (Wildman–Crippen LogP) is 2.87. The van der Waals surface area contributed by atoms with Crippen molar-refractivity contribution in [1.82, 2.24) is 19.9 Å². The van der Waals surface area contributed by atoms with Gasteiger partial charge in [0.25, 0.3) is 5.56 Å². The second-order valence-corrected chi connectivity index (χ2v) is 6.47. The second kappa shape index (κ2) is 6.91. The summed E-state index contributed by atoms with van der Waals surface area (Å²) in [7, 11) is 0. The van der Waals surface area contributed by atoms with Crippen molar-refractivity contribution in [2.24, 2.45) is 0 Å². The predicted molar refractivity (Wildman–Crippen MR) is 96.3 cm³/mol. The zero-order valence-corrected chi connectivity index (χ0v) is 14.6. The van der Waals surface area contributed by atoms with Gasteiger partial charge in [0.2, 0.25) is 0 Å². The van der Waals surface area contributed by atoms with E-state index in [1.54, 1.807) is 0 Å². The number of nitrogens with zero attached hydrogens (tertiary/aromatic N) is 3. The zero-order valence-electron chi connectivity index (χ0n) is 14.6. The number of H-pyrrole nitrogens is 1. The van der Waals surface area contributed by atoms with E-state index in [1.807, 2.05) is 6.07 Å². The third kappa shape index (κ3) is 3.47. The van der Waals surface area contributed by atoms with Crippen LogP contribution in [0.4, 0.5) is 0 Å². The van der Waals surface area contributed by atoms with Gasteiger partial charge in [-0.25, -0.2) is 9.50 Å². The Kier molecular flexibility index (Phi) is 4.68. The normalized spacial score (nSPS) is 12.4. The van der Waals surface area contributed by atoms with Gasteiger partial charge in [-0.3, -0.25) is 9.89 Å². The largest absolute Gasteiger partial charge is 0.305 e. The van der Waals surface area contributed by atoms with Crippen molar-refractivity contribution in [1.29, 1.82) is 5.26 Å². The number of nitriles is 1. The van der Waals surface area contributed by atoms with E-state index < -0.39 is 0 Å². The molecule has 3 rings (SSSR count). The van der Waals surface area contributed by atoms with Gasteiger partial charge in [-0.1, -0.05) is 38.1 Å². The highest BCUT2D eigenvalue weighted by Gasteiger charge is 2.11. The van der Waals surface area contributed by atoms with E-state index in [9.17, 15) is 4.79 Å². The standard InChI is InChI=1S/C19H21N5O/c1-12(2)14-5-4-6-15(7-14)13(3)21-11-17-8-18(25)24-19(23-17)16(9-20)10-22-24/h4-8,10,12-13,21-22H,11H2,1-3H3. The lowest BCUT2D eigenvalue weighted by atomic mass is 9.98. The Morgan fingerprint density at radius 2 is 2.04 bits per heavy atom. The summed E-state index contributed by atoms with van der Waals surface area (Å²) >= 11 is 0. The van der Waals surface area contributed by atoms with Crippen molar-refractivity contribution >= 4 is 5.65 Å². The molecule has 1 aromatic carbocycles. The lowest BCUT2D eigenvalue weighted by Crippen LogP contribution is -2.22. The van der Waals surface area contributed by atoms with Gasteiger partial charge in [0.05, 0.1) is 5.69 Å². The molecular formula is C19H21N5O. The summed E-state index contributed by atoms with van der Waals surface area (Å²) in [5.41, 5.74) is 3.61. The van der Waals surface area contributed by atoms with E-state index in [0.717, 1.165) is 0 Å². The Morgan fingerprint density at radius 3 is 2.76 bits per heavy atom. The molecule has 0 fully saturated rings. The number of aromatic amines is 1. The Morgan fingerprint density at radius 1 is 1.28 bits per heavy atom. The first-order valence-electron chi connectivity index (χ1n) is 8.33. The smallest absolute Gasteiger partial charge is 0.272 e. The topological polar surface area (TPSA) is 86.0 Å². The van der Waals surface area contributed by atoms with Crippen LogP contribution >= 0.6 is 0 Å². The van der Waals surface area contributed by atoms with Crippen LogP contribution in [0.2, 0.25) is 0 Å². The molecule has 0 amide bonds. The van der Waals surface area contributed by atoms with Crippen LogP contribution in [-0.4, -0.2) is 14.6 Å². The quantitative estimate of drug-likeness (QED) is 0.751. The van der Waals surface area contributed by atoms with Crippen LogP contribution in [0.5, 0.6) is 0 Å². The molecule has 1 atom stereocenters. The maximum atomic E-state index is 12.1. The Balaban J connectivity index is 1.79. The van der Waals surface area contributed by atoms with Crippen molar-refractivity contribution in [2.75, 3.05) is 0 Å². The molecule has 25 heavy (non-hydrogen) atoms. The third-order valence-corrected chi connectivity index (χ3v) is 4.34. The summed E-state index contributed by atoms with van der Waals surface area (Å²) in [6.45, 7) is 6.89. The van der Waals surface area contributed by atoms with E-state index >= 15 is 0 Å². The molecular weight excluding hydrogens is 314 g/mol. The SMILES string of the molecule is CC(C)c1cccc(C(C)NCc2cc(=O)n3[nH]cc(C#N)c3n2)c1. The van der Waals surface area contributed by atoms with Gasteiger partial charge in [0.1, 0.15) is 11.6 Å². The lowest BCUT2D eigenvalue weighted by molar-refractivity contribution is 0.566. The number of rotatable bonds is 5. The maximum absolute atomic E-state index is 12.1. The summed E-state index contributed by atoms with van der Waals surface area (Å²) in [4.78, 5) is 16.5. The van der Waals surface area contributed by atoms with E-state index in [-0.39, 0.29) is 11.6 Å². The number of nitrogens with one attached hydrogen (secondary N) is 2. The second-order valence-electron chi connectivity index (χ2n) is 6.47. The minimum Gasteiger partial charge on any atom is -0.305 e. The van der Waals surface area contributed by atoms with E-state index in [2.05, 4.69) is 60.4 Å². The van der Waals surface area contributed by atoms with Gasteiger partial charge >= 0.3 is 0 Å². The van der Waals surface area contributed by atoms with Gasteiger partial charge in [-0.15, -0.1) is 0 Å². The van der Waals surface area contributed by atoms with Crippen LogP contribution in [0.25, 0.3) is 5.65 Å². The zero-order chi connectivity index (χ0) is 18.0. The minimum atomic E-state index is -0.224. The number of hydrogen-bond donors (Lipinski definition) is 2. The first-order valence-corrected chi connectivity index (χ1v) is 8.33. The molecule has 0 aliphatic carbocycles. The van der Waals surface area contributed by atoms with Crippen LogP contribution in [0.15, 0.2) is 41.3 Å². The molecule has 0 saturated heterocycles. The highest BCUT2D eigenvalue weighted by molar-refractivity contribution is 5.53. The molecule has 128 valence electrons. The van der Waals surface area contributed by atoms with Gasteiger partial charge in [-0.2, -0.15) is 5.26 Å². The lowest BCUT2D eigenvalue weighted by Gasteiger charge is -2.16. The molecule has 0 aliphatic heterocycles. The molecule has 0 bridgehead atoms. The minimum absolute atomic E-state index is 0.126. The van der Waals surface area contributed by atoms with Crippen LogP contribution in [-0.2, 0) is 6.54 Å². The van der Waals surface area contributed by atoms with E-state index in [1.165, 1.54) is 27.9 Å². The van der Waals surface area contributed by atoms with Gasteiger partial charge in [-0.05, 0) is 24.0 Å². The summed E-state index contributed by atoms with van der Waals surface area (Å²) in [6, 6.07) is 12.1. The van der Waals surface area contributed by atoms with Crippen molar-refractivity contribution in [3.63, 3.8) is 0 Å². The Hall–Kier alpha value is -2.91. The molecule has 2 aromatic heterocycles. The molecule has 2 N–H and O–H groups in total. The Bertz CT molecular complexity index is 993. The first-order chi connectivity index (χ1) is 12.0. The molecule has 0 aliphatic rings. The van der Waals surface area contributed by atoms with Crippen molar-refractivity contribution in [2.45, 2.75) is 39.3 Å². The monoisotopic (exact) mass is 335 g/mol. The molecule has 2 heterocycles. The average Bonchev–Trinajstić information content (AvgIpc) is 3.03. The number of fused-ring (bicyclic) bond motifs is 1. The number of hydrogen-bond acceptors (Lipinski definition) is 4. The van der Waals surface area contributed by atoms with Gasteiger partial charge in [0.15, 0.2) is 5.65 Å². The van der Waals surface area contributed by atoms with Crippen LogP contribution in [0.1, 0.15) is 55.1 Å². The van der Waals surface area contributed by atoms with Crippen molar-refractivity contribution < 1.29 is 0 Å². The van der Waals surface area contributed by atoms with Gasteiger partial charge in [0, 0.05) is 24.8 Å². The van der Waals surface area contributed by atoms with Crippen molar-refractivity contribution in [3.8, 4) is 6.07 Å². The highest BCUT2D eigenvalue weighted by atomic mass is 16.1. The van der Waals surface area contributed by atoms with Crippen LogP contribution < -0.4 is 10.9 Å². The molecule has 3 aromatic rings. The summed E-state index contributed by atoms with van der Waals surface area (Å²) < 4.78 is 1.28. The summed E-state index contributed by atoms with van der Waals surface area (Å²) in [5.74, 6) is 0.481. The first kappa shape index (κ1) is 16.9. The van der Waals surface area contributed by atoms with Gasteiger partial charge < -0.3 is 5.32 Å². The fourth-order valence-corrected chi connectivity index (χ4v) is 2.76. The van der Waals surface area contributed by atoms with E-state index in [0.29, 0.717) is 29.4 Å². The highest BCUT2D eigenvalue weighted by Crippen LogP contribution is 2.20. The van der Waals surface area contributed by atoms with Crippen molar-refractivity contribution in [3.05, 3.63) is 69.3 Å². The molecule has 1 unspecified atom stereocenters. The number of benzene rings is 1. The fraction of sp³-hybridized carbons (Fsp3) is 0.316. The fourth-order valence-electron chi connectivity index (χ4n) is 2.76. The molecule has 6 heteroatoms. The number of aromatic nitrogens is 3.